The number of hydrogen-bond acceptors (Lipinski definition) is 5. The van der Waals surface area contributed by atoms with E-state index < -0.39 is 10.8 Å². The van der Waals surface area contributed by atoms with Crippen LogP contribution in [0.5, 0.6) is 0 Å². The Morgan fingerprint density at radius 1 is 1.53 bits per heavy atom. The molecule has 0 saturated carbocycles. The summed E-state index contributed by atoms with van der Waals surface area (Å²) in [5.74, 6) is -0.493. The molecule has 0 aliphatic carbocycles. The second kappa shape index (κ2) is 6.69. The summed E-state index contributed by atoms with van der Waals surface area (Å²) in [4.78, 5) is 22.5. The molecule has 0 aliphatic heterocycles. The van der Waals surface area contributed by atoms with E-state index >= 15 is 0 Å². The lowest BCUT2D eigenvalue weighted by molar-refractivity contribution is -0.384. The van der Waals surface area contributed by atoms with E-state index in [0.717, 1.165) is 0 Å². The Morgan fingerprint density at radius 3 is 2.74 bits per heavy atom. The third kappa shape index (κ3) is 3.65. The van der Waals surface area contributed by atoms with Crippen LogP contribution in [0.25, 0.3) is 0 Å². The minimum atomic E-state index is -0.569. The topological polar surface area (TPSA) is 93.5 Å². The van der Waals surface area contributed by atoms with Crippen LogP contribution < -0.4 is 10.6 Å². The Labute approximate surface area is 111 Å². The zero-order valence-corrected chi connectivity index (χ0v) is 11.1. The van der Waals surface area contributed by atoms with Crippen molar-refractivity contribution in [1.82, 2.24) is 5.32 Å². The first kappa shape index (κ1) is 14.9. The van der Waals surface area contributed by atoms with Crippen LogP contribution in [0.15, 0.2) is 18.2 Å². The average Bonchev–Trinajstić information content (AvgIpc) is 2.42. The fourth-order valence-electron chi connectivity index (χ4n) is 1.54. The van der Waals surface area contributed by atoms with Gasteiger partial charge in [0, 0.05) is 20.7 Å². The lowest BCUT2D eigenvalue weighted by Crippen LogP contribution is -2.32. The van der Waals surface area contributed by atoms with E-state index in [1.165, 1.54) is 13.2 Å². The number of nitrogens with zero attached hydrogens (tertiary/aromatic N) is 1. The van der Waals surface area contributed by atoms with Crippen molar-refractivity contribution >= 4 is 17.3 Å². The number of para-hydroxylation sites is 1. The summed E-state index contributed by atoms with van der Waals surface area (Å²) in [6, 6.07) is 4.56. The van der Waals surface area contributed by atoms with Crippen molar-refractivity contribution in [2.75, 3.05) is 26.0 Å². The van der Waals surface area contributed by atoms with Crippen molar-refractivity contribution in [1.29, 1.82) is 0 Å². The first-order valence-electron chi connectivity index (χ1n) is 5.77. The van der Waals surface area contributed by atoms with Crippen LogP contribution in [-0.4, -0.2) is 37.6 Å². The highest BCUT2D eigenvalue weighted by molar-refractivity contribution is 6.00. The highest BCUT2D eigenvalue weighted by Gasteiger charge is 2.23. The lowest BCUT2D eigenvalue weighted by atomic mass is 10.1. The Morgan fingerprint density at radius 2 is 2.21 bits per heavy atom. The normalized spacial score (nSPS) is 11.7. The van der Waals surface area contributed by atoms with Gasteiger partial charge in [0.1, 0.15) is 11.3 Å². The quantitative estimate of drug-likeness (QED) is 0.600. The van der Waals surface area contributed by atoms with Crippen molar-refractivity contribution in [3.63, 3.8) is 0 Å². The molecule has 1 aromatic rings. The average molecular weight is 267 g/mol. The number of carbonyl (C=O) groups is 1. The van der Waals surface area contributed by atoms with E-state index in [2.05, 4.69) is 10.6 Å². The fraction of sp³-hybridized carbons (Fsp3) is 0.417. The third-order valence-electron chi connectivity index (χ3n) is 2.69. The molecule has 0 saturated heterocycles. The van der Waals surface area contributed by atoms with E-state index in [0.29, 0.717) is 5.69 Å². The Balaban J connectivity index is 2.99. The number of rotatable bonds is 6. The zero-order chi connectivity index (χ0) is 14.4. The van der Waals surface area contributed by atoms with Gasteiger partial charge >= 0.3 is 5.69 Å². The van der Waals surface area contributed by atoms with Crippen molar-refractivity contribution in [3.8, 4) is 0 Å². The largest absolute Gasteiger partial charge is 0.383 e. The summed E-state index contributed by atoms with van der Waals surface area (Å²) in [6.07, 6.45) is -0.157. The molecule has 2 N–H and O–H groups in total. The maximum atomic E-state index is 12.0. The van der Waals surface area contributed by atoms with E-state index in [1.54, 1.807) is 26.1 Å². The Bertz CT molecular complexity index is 476. The van der Waals surface area contributed by atoms with E-state index in [-0.39, 0.29) is 23.9 Å². The molecule has 1 atom stereocenters. The molecule has 1 amide bonds. The predicted molar refractivity (Wildman–Crippen MR) is 71.4 cm³/mol. The number of carbonyl (C=O) groups excluding carboxylic acids is 1. The summed E-state index contributed by atoms with van der Waals surface area (Å²) < 4.78 is 5.00. The molecule has 0 radical (unpaired) electrons. The van der Waals surface area contributed by atoms with E-state index in [4.69, 9.17) is 4.74 Å². The van der Waals surface area contributed by atoms with Crippen LogP contribution in [-0.2, 0) is 4.74 Å². The number of ether oxygens (including phenoxy) is 1. The third-order valence-corrected chi connectivity index (χ3v) is 2.69. The fourth-order valence-corrected chi connectivity index (χ4v) is 1.54. The van der Waals surface area contributed by atoms with Gasteiger partial charge in [-0.15, -0.1) is 0 Å². The molecule has 1 unspecified atom stereocenters. The van der Waals surface area contributed by atoms with Gasteiger partial charge in [0.15, 0.2) is 0 Å². The van der Waals surface area contributed by atoms with E-state index in [9.17, 15) is 14.9 Å². The minimum Gasteiger partial charge on any atom is -0.383 e. The van der Waals surface area contributed by atoms with E-state index in [1.807, 2.05) is 0 Å². The van der Waals surface area contributed by atoms with Crippen molar-refractivity contribution in [2.24, 2.45) is 0 Å². The van der Waals surface area contributed by atoms with Crippen LogP contribution in [0.4, 0.5) is 11.4 Å². The number of anilines is 1. The molecule has 0 heterocycles. The standard InChI is InChI=1S/C12H17N3O4/c1-8(19-3)7-14-12(16)9-5-4-6-10(13-2)11(9)15(17)18/h4-6,8,13H,7H2,1-3H3,(H,14,16). The Hall–Kier alpha value is -2.15. The number of benzene rings is 1. The first-order chi connectivity index (χ1) is 9.01. The van der Waals surface area contributed by atoms with Crippen LogP contribution >= 0.6 is 0 Å². The monoisotopic (exact) mass is 267 g/mol. The molecule has 1 rings (SSSR count). The van der Waals surface area contributed by atoms with Gasteiger partial charge in [0.2, 0.25) is 0 Å². The van der Waals surface area contributed by atoms with Gasteiger partial charge in [-0.25, -0.2) is 0 Å². The van der Waals surface area contributed by atoms with Gasteiger partial charge in [-0.1, -0.05) is 6.07 Å². The molecule has 104 valence electrons. The zero-order valence-electron chi connectivity index (χ0n) is 11.1. The van der Waals surface area contributed by atoms with Crippen LogP contribution in [0, 0.1) is 10.1 Å². The smallest absolute Gasteiger partial charge is 0.305 e. The van der Waals surface area contributed by atoms with Gasteiger partial charge in [-0.2, -0.15) is 0 Å². The lowest BCUT2D eigenvalue weighted by Gasteiger charge is -2.11. The molecular formula is C12H17N3O4. The van der Waals surface area contributed by atoms with Gasteiger partial charge in [-0.3, -0.25) is 14.9 Å². The number of nitro benzene ring substituents is 1. The van der Waals surface area contributed by atoms with Crippen molar-refractivity contribution in [3.05, 3.63) is 33.9 Å². The molecule has 0 aromatic heterocycles. The predicted octanol–water partition coefficient (Wildman–Crippen LogP) is 1.40. The summed E-state index contributed by atoms with van der Waals surface area (Å²) in [5, 5.41) is 16.4. The second-order valence-electron chi connectivity index (χ2n) is 3.97. The molecule has 7 nitrogen and oxygen atoms in total. The number of amides is 1. The number of nitrogens with one attached hydrogen (secondary N) is 2. The van der Waals surface area contributed by atoms with Crippen molar-refractivity contribution in [2.45, 2.75) is 13.0 Å². The summed E-state index contributed by atoms with van der Waals surface area (Å²) >= 11 is 0. The molecular weight excluding hydrogens is 250 g/mol. The maximum Gasteiger partial charge on any atom is 0.305 e. The highest BCUT2D eigenvalue weighted by Crippen LogP contribution is 2.28. The molecule has 0 spiro atoms. The molecule has 0 fully saturated rings. The molecule has 19 heavy (non-hydrogen) atoms. The maximum absolute atomic E-state index is 12.0. The van der Waals surface area contributed by atoms with Gasteiger partial charge in [0.05, 0.1) is 11.0 Å². The van der Waals surface area contributed by atoms with Gasteiger partial charge in [-0.05, 0) is 19.1 Å². The highest BCUT2D eigenvalue weighted by atomic mass is 16.6. The van der Waals surface area contributed by atoms with Gasteiger partial charge < -0.3 is 15.4 Å². The number of nitro groups is 1. The SMILES string of the molecule is CNc1cccc(C(=O)NCC(C)OC)c1[N+](=O)[O-]. The first-order valence-corrected chi connectivity index (χ1v) is 5.77. The molecule has 1 aromatic carbocycles. The summed E-state index contributed by atoms with van der Waals surface area (Å²) in [5.41, 5.74) is 0.102. The number of hydrogen-bond donors (Lipinski definition) is 2. The summed E-state index contributed by atoms with van der Waals surface area (Å²) in [6.45, 7) is 2.08. The van der Waals surface area contributed by atoms with Crippen LogP contribution in [0.2, 0.25) is 0 Å². The van der Waals surface area contributed by atoms with Crippen molar-refractivity contribution < 1.29 is 14.5 Å². The molecule has 0 aliphatic rings. The molecule has 0 bridgehead atoms. The molecule has 7 heteroatoms. The minimum absolute atomic E-state index is 0.0279. The van der Waals surface area contributed by atoms with Crippen LogP contribution in [0.3, 0.4) is 0 Å². The number of methoxy groups -OCH3 is 1. The van der Waals surface area contributed by atoms with Crippen LogP contribution in [0.1, 0.15) is 17.3 Å². The Kier molecular flexibility index (Phi) is 5.25. The second-order valence-corrected chi connectivity index (χ2v) is 3.97. The summed E-state index contributed by atoms with van der Waals surface area (Å²) in [7, 11) is 3.10. The van der Waals surface area contributed by atoms with Gasteiger partial charge in [0.25, 0.3) is 5.91 Å².